The quantitative estimate of drug-likeness (QED) is 0.440. The van der Waals surface area contributed by atoms with Crippen LogP contribution in [0.15, 0.2) is 71.8 Å². The largest absolute Gasteiger partial charge is 0.256 e. The van der Waals surface area contributed by atoms with Crippen molar-refractivity contribution in [3.05, 3.63) is 98.7 Å². The van der Waals surface area contributed by atoms with Gasteiger partial charge < -0.3 is 0 Å². The van der Waals surface area contributed by atoms with Gasteiger partial charge in [0.1, 0.15) is 5.82 Å². The Morgan fingerprint density at radius 1 is 0.852 bits per heavy atom. The molecule has 2 nitrogen and oxygen atoms in total. The average Bonchev–Trinajstić information content (AvgIpc) is 3.10. The normalized spacial score (nSPS) is 16.5. The van der Waals surface area contributed by atoms with Crippen molar-refractivity contribution >= 4 is 46.2 Å². The molecule has 0 spiro atoms. The van der Waals surface area contributed by atoms with E-state index in [4.69, 9.17) is 39.9 Å². The first-order valence-electron chi connectivity index (χ1n) is 8.34. The molecule has 0 aromatic heterocycles. The minimum Gasteiger partial charge on any atom is -0.256 e. The number of halogens is 4. The summed E-state index contributed by atoms with van der Waals surface area (Å²) in [6, 6.07) is 19.1. The van der Waals surface area contributed by atoms with Crippen molar-refractivity contribution < 1.29 is 4.39 Å². The summed E-state index contributed by atoms with van der Waals surface area (Å²) in [4.78, 5) is 0. The van der Waals surface area contributed by atoms with Crippen LogP contribution in [0.25, 0.3) is 0 Å². The molecule has 0 radical (unpaired) electrons. The summed E-state index contributed by atoms with van der Waals surface area (Å²) < 4.78 is 13.4. The van der Waals surface area contributed by atoms with Crippen molar-refractivity contribution in [2.75, 3.05) is 5.01 Å². The lowest BCUT2D eigenvalue weighted by atomic mass is 9.98. The van der Waals surface area contributed by atoms with Gasteiger partial charge in [0.15, 0.2) is 0 Å². The van der Waals surface area contributed by atoms with Gasteiger partial charge in [-0.1, -0.05) is 59.1 Å². The predicted molar refractivity (Wildman–Crippen MR) is 111 cm³/mol. The molecular formula is C21H14Cl3FN2. The third kappa shape index (κ3) is 3.81. The van der Waals surface area contributed by atoms with E-state index in [1.165, 1.54) is 12.1 Å². The molecule has 1 atom stereocenters. The van der Waals surface area contributed by atoms with Gasteiger partial charge in [0.25, 0.3) is 0 Å². The molecule has 0 bridgehead atoms. The number of hydrogen-bond acceptors (Lipinski definition) is 2. The molecule has 4 rings (SSSR count). The molecule has 0 N–H and O–H groups in total. The van der Waals surface area contributed by atoms with E-state index in [-0.39, 0.29) is 11.9 Å². The van der Waals surface area contributed by atoms with Crippen LogP contribution in [0, 0.1) is 5.82 Å². The van der Waals surface area contributed by atoms with Crippen molar-refractivity contribution in [3.8, 4) is 0 Å². The molecule has 1 heterocycles. The van der Waals surface area contributed by atoms with Gasteiger partial charge >= 0.3 is 0 Å². The molecule has 0 unspecified atom stereocenters. The molecule has 27 heavy (non-hydrogen) atoms. The maximum absolute atomic E-state index is 13.4. The molecule has 3 aromatic carbocycles. The minimum atomic E-state index is -0.275. The van der Waals surface area contributed by atoms with Crippen molar-refractivity contribution in [1.29, 1.82) is 0 Å². The van der Waals surface area contributed by atoms with Crippen LogP contribution < -0.4 is 5.01 Å². The Bertz CT molecular complexity index is 1000. The van der Waals surface area contributed by atoms with Crippen LogP contribution in [-0.4, -0.2) is 5.71 Å². The summed E-state index contributed by atoms with van der Waals surface area (Å²) in [5.74, 6) is -0.275. The molecule has 3 aromatic rings. The monoisotopic (exact) mass is 418 g/mol. The lowest BCUT2D eigenvalue weighted by Crippen LogP contribution is -2.19. The van der Waals surface area contributed by atoms with Gasteiger partial charge in [-0.25, -0.2) is 4.39 Å². The zero-order valence-corrected chi connectivity index (χ0v) is 16.3. The van der Waals surface area contributed by atoms with Crippen molar-refractivity contribution in [2.24, 2.45) is 5.10 Å². The molecule has 0 saturated heterocycles. The molecule has 0 fully saturated rings. The Morgan fingerprint density at radius 2 is 1.52 bits per heavy atom. The highest BCUT2D eigenvalue weighted by Crippen LogP contribution is 2.40. The first kappa shape index (κ1) is 18.3. The first-order chi connectivity index (χ1) is 13.0. The van der Waals surface area contributed by atoms with Gasteiger partial charge in [0.05, 0.1) is 22.5 Å². The number of anilines is 1. The highest BCUT2D eigenvalue weighted by molar-refractivity contribution is 6.35. The van der Waals surface area contributed by atoms with Crippen LogP contribution in [0.1, 0.15) is 23.6 Å². The molecule has 1 aliphatic heterocycles. The van der Waals surface area contributed by atoms with Gasteiger partial charge in [-0.05, 0) is 53.6 Å². The van der Waals surface area contributed by atoms with Crippen LogP contribution in [0.2, 0.25) is 15.1 Å². The first-order valence-corrected chi connectivity index (χ1v) is 9.48. The zero-order valence-electron chi connectivity index (χ0n) is 14.0. The summed E-state index contributed by atoms with van der Waals surface area (Å²) in [5.41, 5.74) is 3.53. The summed E-state index contributed by atoms with van der Waals surface area (Å²) in [7, 11) is 0. The van der Waals surface area contributed by atoms with Gasteiger partial charge in [0, 0.05) is 16.5 Å². The Balaban J connectivity index is 1.79. The second kappa shape index (κ2) is 7.51. The highest BCUT2D eigenvalue weighted by atomic mass is 35.5. The highest BCUT2D eigenvalue weighted by Gasteiger charge is 2.31. The third-order valence-corrected chi connectivity index (χ3v) is 5.30. The Kier molecular flexibility index (Phi) is 5.09. The Labute approximate surface area is 171 Å². The molecular weight excluding hydrogens is 406 g/mol. The number of rotatable bonds is 3. The van der Waals surface area contributed by atoms with Crippen LogP contribution >= 0.6 is 34.8 Å². The van der Waals surface area contributed by atoms with E-state index in [2.05, 4.69) is 0 Å². The summed E-state index contributed by atoms with van der Waals surface area (Å²) >= 11 is 18.6. The molecule has 1 aliphatic rings. The fraction of sp³-hybridized carbons (Fsp3) is 0.0952. The smallest absolute Gasteiger partial charge is 0.123 e. The predicted octanol–water partition coefficient (Wildman–Crippen LogP) is 7.14. The van der Waals surface area contributed by atoms with Crippen molar-refractivity contribution in [3.63, 3.8) is 0 Å². The number of hydrogen-bond donors (Lipinski definition) is 0. The van der Waals surface area contributed by atoms with E-state index in [0.29, 0.717) is 27.2 Å². The molecule has 136 valence electrons. The van der Waals surface area contributed by atoms with Gasteiger partial charge in [0.2, 0.25) is 0 Å². The van der Waals surface area contributed by atoms with E-state index in [1.807, 2.05) is 29.3 Å². The van der Waals surface area contributed by atoms with Crippen molar-refractivity contribution in [1.82, 2.24) is 0 Å². The lowest BCUT2D eigenvalue weighted by molar-refractivity contribution is 0.624. The number of hydrazone groups is 1. The summed E-state index contributed by atoms with van der Waals surface area (Å²) in [6.07, 6.45) is 0.649. The van der Waals surface area contributed by atoms with E-state index in [0.717, 1.165) is 16.8 Å². The second-order valence-corrected chi connectivity index (χ2v) is 7.55. The van der Waals surface area contributed by atoms with Gasteiger partial charge in [-0.2, -0.15) is 5.10 Å². The van der Waals surface area contributed by atoms with Crippen LogP contribution in [-0.2, 0) is 0 Å². The van der Waals surface area contributed by atoms with E-state index < -0.39 is 0 Å². The molecule has 6 heteroatoms. The van der Waals surface area contributed by atoms with Crippen LogP contribution in [0.5, 0.6) is 0 Å². The van der Waals surface area contributed by atoms with Crippen molar-refractivity contribution in [2.45, 2.75) is 12.5 Å². The Morgan fingerprint density at radius 3 is 2.22 bits per heavy atom. The lowest BCUT2D eigenvalue weighted by Gasteiger charge is -2.25. The minimum absolute atomic E-state index is 0.118. The van der Waals surface area contributed by atoms with E-state index in [9.17, 15) is 4.39 Å². The fourth-order valence-electron chi connectivity index (χ4n) is 3.16. The topological polar surface area (TPSA) is 15.6 Å². The summed E-state index contributed by atoms with van der Waals surface area (Å²) in [6.45, 7) is 0. The maximum atomic E-state index is 13.4. The van der Waals surface area contributed by atoms with Crippen LogP contribution in [0.4, 0.5) is 10.1 Å². The average molecular weight is 420 g/mol. The number of benzene rings is 3. The van der Waals surface area contributed by atoms with Gasteiger partial charge in [-0.3, -0.25) is 5.01 Å². The molecule has 0 saturated carbocycles. The second-order valence-electron chi connectivity index (χ2n) is 6.27. The molecule has 0 aliphatic carbocycles. The number of nitrogens with zero attached hydrogens (tertiary/aromatic N) is 2. The SMILES string of the molecule is Fc1ccc([C@H]2CC(c3ccc(Cl)cc3)=NN2c2cc(Cl)ccc2Cl)cc1. The van der Waals surface area contributed by atoms with Gasteiger partial charge in [-0.15, -0.1) is 0 Å². The van der Waals surface area contributed by atoms with E-state index >= 15 is 0 Å². The standard InChI is InChI=1S/C21H14Cl3FN2/c22-15-5-1-13(2-6-15)19-12-20(14-3-8-17(25)9-4-14)27(26-19)21-11-16(23)7-10-18(21)24/h1-11,20H,12H2/t20-/m1/s1. The Hall–Kier alpha value is -2.07. The summed E-state index contributed by atoms with van der Waals surface area (Å²) in [5, 5.41) is 8.45. The van der Waals surface area contributed by atoms with E-state index in [1.54, 1.807) is 30.3 Å². The zero-order chi connectivity index (χ0) is 19.0. The maximum Gasteiger partial charge on any atom is 0.123 e. The van der Waals surface area contributed by atoms with Crippen LogP contribution in [0.3, 0.4) is 0 Å². The third-order valence-electron chi connectivity index (χ3n) is 4.50. The fourth-order valence-corrected chi connectivity index (χ4v) is 3.65. The molecule has 0 amide bonds.